The Balaban J connectivity index is 2.29. The maximum Gasteiger partial charge on any atom is 0.416 e. The fourth-order valence-electron chi connectivity index (χ4n) is 3.93. The summed E-state index contributed by atoms with van der Waals surface area (Å²) in [5.74, 6) is -2.09. The summed E-state index contributed by atoms with van der Waals surface area (Å²) in [5, 5.41) is 20.6. The molecule has 0 bridgehead atoms. The van der Waals surface area contributed by atoms with E-state index in [1.54, 1.807) is 6.07 Å². The van der Waals surface area contributed by atoms with Crippen molar-refractivity contribution < 1.29 is 27.5 Å². The van der Waals surface area contributed by atoms with E-state index in [0.717, 1.165) is 23.1 Å². The van der Waals surface area contributed by atoms with Crippen molar-refractivity contribution in [1.29, 1.82) is 5.26 Å². The third-order valence-electron chi connectivity index (χ3n) is 5.56. The van der Waals surface area contributed by atoms with Crippen molar-refractivity contribution in [2.75, 3.05) is 31.1 Å². The van der Waals surface area contributed by atoms with Crippen LogP contribution in [-0.2, 0) is 16.6 Å². The molecule has 2 aromatic carbocycles. The van der Waals surface area contributed by atoms with Crippen molar-refractivity contribution in [3.63, 3.8) is 0 Å². The highest BCUT2D eigenvalue weighted by atomic mass is 19.4. The van der Waals surface area contributed by atoms with Gasteiger partial charge in [-0.2, -0.15) is 18.4 Å². The number of nitrogens with zero attached hydrogens (tertiary/aromatic N) is 3. The van der Waals surface area contributed by atoms with Crippen LogP contribution in [0.3, 0.4) is 0 Å². The van der Waals surface area contributed by atoms with Crippen LogP contribution in [0.2, 0.25) is 0 Å². The largest absolute Gasteiger partial charge is 0.416 e. The van der Waals surface area contributed by atoms with Gasteiger partial charge in [-0.25, -0.2) is 4.39 Å². The third kappa shape index (κ3) is 3.77. The number of rotatable bonds is 6. The summed E-state index contributed by atoms with van der Waals surface area (Å²) in [5.41, 5.74) is -6.09. The maximum absolute atomic E-state index is 14.6. The van der Waals surface area contributed by atoms with Gasteiger partial charge >= 0.3 is 6.18 Å². The Morgan fingerprint density at radius 2 is 1.84 bits per heavy atom. The van der Waals surface area contributed by atoms with Crippen LogP contribution in [-0.4, -0.2) is 42.1 Å². The van der Waals surface area contributed by atoms with Crippen LogP contribution >= 0.6 is 0 Å². The van der Waals surface area contributed by atoms with Crippen molar-refractivity contribution in [3.8, 4) is 6.07 Å². The minimum Gasteiger partial charge on any atom is -0.372 e. The summed E-state index contributed by atoms with van der Waals surface area (Å²) < 4.78 is 56.4. The van der Waals surface area contributed by atoms with Gasteiger partial charge < -0.3 is 14.9 Å². The molecule has 1 unspecified atom stereocenters. The quantitative estimate of drug-likeness (QED) is 0.704. The molecule has 164 valence electrons. The van der Waals surface area contributed by atoms with Crippen molar-refractivity contribution in [1.82, 2.24) is 4.90 Å². The Hall–Kier alpha value is -2.96. The molecule has 1 amide bonds. The van der Waals surface area contributed by atoms with E-state index in [2.05, 4.69) is 0 Å². The first-order valence-electron chi connectivity index (χ1n) is 9.77. The van der Waals surface area contributed by atoms with Gasteiger partial charge in [-0.1, -0.05) is 32.0 Å². The maximum atomic E-state index is 14.6. The van der Waals surface area contributed by atoms with E-state index in [9.17, 15) is 32.7 Å². The number of carbonyl (C=O) groups is 1. The molecule has 0 spiro atoms. The first-order chi connectivity index (χ1) is 14.6. The highest BCUT2D eigenvalue weighted by Crippen LogP contribution is 2.50. The predicted octanol–water partition coefficient (Wildman–Crippen LogP) is 3.64. The highest BCUT2D eigenvalue weighted by molar-refractivity contribution is 6.10. The van der Waals surface area contributed by atoms with Gasteiger partial charge in [0.1, 0.15) is 5.82 Å². The molecule has 5 nitrogen and oxygen atoms in total. The van der Waals surface area contributed by atoms with Gasteiger partial charge in [-0.05, 0) is 31.3 Å². The molecule has 3 rings (SSSR count). The SMILES string of the molecule is CCN(CC)CCN1C(=O)C(O)(c2ccccc2F)c2c1cc(C#N)cc2C(F)(F)F. The second-order valence-corrected chi connectivity index (χ2v) is 7.20. The smallest absolute Gasteiger partial charge is 0.372 e. The Labute approximate surface area is 177 Å². The van der Waals surface area contributed by atoms with Crippen molar-refractivity contribution in [2.24, 2.45) is 0 Å². The van der Waals surface area contributed by atoms with Crippen LogP contribution in [0.25, 0.3) is 0 Å². The number of carbonyl (C=O) groups excluding carboxylic acids is 1. The van der Waals surface area contributed by atoms with Gasteiger partial charge in [-0.3, -0.25) is 4.79 Å². The third-order valence-corrected chi connectivity index (χ3v) is 5.56. The normalized spacial score (nSPS) is 18.4. The average molecular weight is 435 g/mol. The summed E-state index contributed by atoms with van der Waals surface area (Å²) >= 11 is 0. The van der Waals surface area contributed by atoms with Crippen molar-refractivity contribution >= 4 is 11.6 Å². The van der Waals surface area contributed by atoms with Gasteiger partial charge in [0.15, 0.2) is 5.60 Å². The lowest BCUT2D eigenvalue weighted by Crippen LogP contribution is -2.44. The van der Waals surface area contributed by atoms with E-state index in [-0.39, 0.29) is 17.8 Å². The number of benzene rings is 2. The molecule has 31 heavy (non-hydrogen) atoms. The summed E-state index contributed by atoms with van der Waals surface area (Å²) in [6.45, 7) is 5.38. The molecular weight excluding hydrogens is 414 g/mol. The molecule has 0 saturated carbocycles. The fourth-order valence-corrected chi connectivity index (χ4v) is 3.93. The van der Waals surface area contributed by atoms with Crippen LogP contribution in [0.1, 0.15) is 36.1 Å². The Morgan fingerprint density at radius 1 is 1.19 bits per heavy atom. The number of hydrogen-bond donors (Lipinski definition) is 1. The molecule has 1 N–H and O–H groups in total. The summed E-state index contributed by atoms with van der Waals surface area (Å²) in [7, 11) is 0. The second-order valence-electron chi connectivity index (χ2n) is 7.20. The lowest BCUT2D eigenvalue weighted by molar-refractivity contribution is -0.142. The van der Waals surface area contributed by atoms with Crippen LogP contribution in [0, 0.1) is 17.1 Å². The van der Waals surface area contributed by atoms with Crippen LogP contribution in [0.5, 0.6) is 0 Å². The number of anilines is 1. The minimum atomic E-state index is -4.98. The lowest BCUT2D eigenvalue weighted by Gasteiger charge is -2.26. The number of halogens is 4. The van der Waals surface area contributed by atoms with Gasteiger partial charge in [0.2, 0.25) is 0 Å². The van der Waals surface area contributed by atoms with Crippen molar-refractivity contribution in [2.45, 2.75) is 25.6 Å². The van der Waals surface area contributed by atoms with Gasteiger partial charge in [0.25, 0.3) is 5.91 Å². The molecule has 0 fully saturated rings. The molecule has 0 saturated heterocycles. The first-order valence-corrected chi connectivity index (χ1v) is 9.77. The van der Waals surface area contributed by atoms with Crippen LogP contribution in [0.4, 0.5) is 23.2 Å². The topological polar surface area (TPSA) is 67.6 Å². The molecule has 0 radical (unpaired) electrons. The van der Waals surface area contributed by atoms with Crippen LogP contribution in [0.15, 0.2) is 36.4 Å². The van der Waals surface area contributed by atoms with E-state index in [4.69, 9.17) is 0 Å². The molecule has 1 heterocycles. The van der Waals surface area contributed by atoms with E-state index in [1.165, 1.54) is 12.1 Å². The molecule has 0 aliphatic carbocycles. The number of nitriles is 1. The molecule has 2 aromatic rings. The van der Waals surface area contributed by atoms with Gasteiger partial charge in [0, 0.05) is 24.2 Å². The van der Waals surface area contributed by atoms with Crippen LogP contribution < -0.4 is 4.90 Å². The molecule has 1 aliphatic rings. The standard InChI is InChI=1S/C22H21F4N3O2/c1-3-28(4-2)9-10-29-18-12-14(13-27)11-16(22(24,25)26)19(18)21(31,20(29)30)15-7-5-6-8-17(15)23/h5-8,11-12,31H,3-4,9-10H2,1-2H3. The minimum absolute atomic E-state index is 0.0313. The number of likely N-dealkylation sites (N-methyl/N-ethyl adjacent to an activating group) is 1. The number of fused-ring (bicyclic) bond motifs is 1. The molecule has 1 atom stereocenters. The number of hydrogen-bond acceptors (Lipinski definition) is 4. The Kier molecular flexibility index (Phi) is 6.07. The monoisotopic (exact) mass is 435 g/mol. The molecule has 1 aliphatic heterocycles. The zero-order valence-electron chi connectivity index (χ0n) is 17.0. The predicted molar refractivity (Wildman–Crippen MR) is 106 cm³/mol. The average Bonchev–Trinajstić information content (AvgIpc) is 2.95. The zero-order chi connectivity index (χ0) is 23.0. The second kappa shape index (κ2) is 8.29. The van der Waals surface area contributed by atoms with Gasteiger partial charge in [0.05, 0.1) is 22.9 Å². The van der Waals surface area contributed by atoms with Gasteiger partial charge in [-0.15, -0.1) is 0 Å². The van der Waals surface area contributed by atoms with Crippen molar-refractivity contribution in [3.05, 3.63) is 64.5 Å². The number of alkyl halides is 3. The molecule has 0 aromatic heterocycles. The zero-order valence-corrected chi connectivity index (χ0v) is 17.0. The molecular formula is C22H21F4N3O2. The van der Waals surface area contributed by atoms with E-state index in [0.29, 0.717) is 25.7 Å². The Morgan fingerprint density at radius 3 is 2.39 bits per heavy atom. The number of amides is 1. The summed E-state index contributed by atoms with van der Waals surface area (Å²) in [4.78, 5) is 16.3. The summed E-state index contributed by atoms with van der Waals surface area (Å²) in [6.07, 6.45) is -4.98. The fraction of sp³-hybridized carbons (Fsp3) is 0.364. The lowest BCUT2D eigenvalue weighted by atomic mass is 9.83. The number of aliphatic hydroxyl groups is 1. The first kappa shape index (κ1) is 22.7. The van der Waals surface area contributed by atoms with E-state index >= 15 is 0 Å². The Bertz CT molecular complexity index is 1040. The molecule has 9 heteroatoms. The summed E-state index contributed by atoms with van der Waals surface area (Å²) in [6, 6.07) is 8.07. The highest BCUT2D eigenvalue weighted by Gasteiger charge is 2.56. The van der Waals surface area contributed by atoms with E-state index in [1.807, 2.05) is 18.7 Å². The van der Waals surface area contributed by atoms with E-state index < -0.39 is 40.2 Å².